The normalized spacial score (nSPS) is 17.8. The van der Waals surface area contributed by atoms with Crippen molar-refractivity contribution in [2.24, 2.45) is 10.9 Å². The first-order valence-corrected chi connectivity index (χ1v) is 10.5. The van der Waals surface area contributed by atoms with Crippen LogP contribution in [0, 0.1) is 5.92 Å². The molecule has 0 aromatic heterocycles. The summed E-state index contributed by atoms with van der Waals surface area (Å²) in [5, 5.41) is 10.9. The number of aliphatic imine (C=N–C) groups is 1. The molecule has 162 valence electrons. The summed E-state index contributed by atoms with van der Waals surface area (Å²) >= 11 is 0. The molecule has 1 fully saturated rings. The van der Waals surface area contributed by atoms with E-state index in [-0.39, 0.29) is 12.6 Å². The van der Waals surface area contributed by atoms with E-state index >= 15 is 0 Å². The summed E-state index contributed by atoms with van der Waals surface area (Å²) in [5.74, 6) is -0.175. The summed E-state index contributed by atoms with van der Waals surface area (Å²) in [7, 11) is 0. The second-order valence-electron chi connectivity index (χ2n) is 8.83. The van der Waals surface area contributed by atoms with Crippen LogP contribution in [0.1, 0.15) is 45.6 Å². The largest absolute Gasteiger partial charge is 0.444 e. The maximum absolute atomic E-state index is 12.6. The van der Waals surface area contributed by atoms with E-state index in [0.29, 0.717) is 31.3 Å². The van der Waals surface area contributed by atoms with Crippen molar-refractivity contribution in [3.8, 4) is 0 Å². The molecule has 2 aliphatic heterocycles. The highest BCUT2D eigenvalue weighted by Crippen LogP contribution is 2.29. The molecular weight excluding hydrogens is 382 g/mol. The van der Waals surface area contributed by atoms with Gasteiger partial charge in [0.2, 0.25) is 0 Å². The van der Waals surface area contributed by atoms with Crippen LogP contribution in [0.25, 0.3) is 0 Å². The molecule has 0 radical (unpaired) electrons. The number of rotatable bonds is 4. The van der Waals surface area contributed by atoms with Crippen molar-refractivity contribution in [1.82, 2.24) is 9.96 Å². The standard InChI is InChI=1S/C23H31N3O4/c1-23(2,3)30-22(28)25-13-10-18(11-14-25)19-9-12-24-20(15-19)21(27)26(29)16-17-7-5-4-6-8-17/h4-8,15,18,29H,9-14,16H2,1-3H3. The number of nitrogens with zero attached hydrogens (tertiary/aromatic N) is 3. The molecule has 0 aliphatic carbocycles. The minimum atomic E-state index is -0.499. The molecule has 2 amide bonds. The van der Waals surface area contributed by atoms with Crippen LogP contribution in [0.15, 0.2) is 47.0 Å². The number of carbonyl (C=O) groups is 2. The van der Waals surface area contributed by atoms with E-state index in [4.69, 9.17) is 4.74 Å². The van der Waals surface area contributed by atoms with Crippen molar-refractivity contribution < 1.29 is 19.5 Å². The molecule has 2 aliphatic rings. The fourth-order valence-corrected chi connectivity index (χ4v) is 3.77. The third kappa shape index (κ3) is 5.92. The van der Waals surface area contributed by atoms with Crippen molar-refractivity contribution >= 4 is 17.7 Å². The number of likely N-dealkylation sites (tertiary alicyclic amines) is 1. The number of carbonyl (C=O) groups excluding carboxylic acids is 2. The Balaban J connectivity index is 1.57. The number of dihydropyridines is 1. The van der Waals surface area contributed by atoms with Gasteiger partial charge in [-0.05, 0) is 57.6 Å². The molecule has 30 heavy (non-hydrogen) atoms. The van der Waals surface area contributed by atoms with Crippen LogP contribution in [-0.4, -0.2) is 58.1 Å². The highest BCUT2D eigenvalue weighted by Gasteiger charge is 2.29. The van der Waals surface area contributed by atoms with Crippen LogP contribution < -0.4 is 0 Å². The van der Waals surface area contributed by atoms with E-state index < -0.39 is 11.5 Å². The van der Waals surface area contributed by atoms with Crippen LogP contribution >= 0.6 is 0 Å². The van der Waals surface area contributed by atoms with E-state index in [1.54, 1.807) is 4.90 Å². The number of piperidine rings is 1. The second kappa shape index (κ2) is 9.43. The zero-order valence-corrected chi connectivity index (χ0v) is 18.0. The molecule has 0 saturated carbocycles. The molecular formula is C23H31N3O4. The second-order valence-corrected chi connectivity index (χ2v) is 8.83. The number of benzene rings is 1. The van der Waals surface area contributed by atoms with Gasteiger partial charge in [0, 0.05) is 19.6 Å². The Morgan fingerprint density at radius 2 is 1.87 bits per heavy atom. The number of amides is 2. The lowest BCUT2D eigenvalue weighted by molar-refractivity contribution is -0.159. The number of ether oxygens (including phenoxy) is 1. The predicted molar refractivity (Wildman–Crippen MR) is 114 cm³/mol. The third-order valence-electron chi connectivity index (χ3n) is 5.30. The van der Waals surface area contributed by atoms with Crippen LogP contribution in [0.4, 0.5) is 4.79 Å². The number of hydrogen-bond acceptors (Lipinski definition) is 5. The van der Waals surface area contributed by atoms with E-state index in [1.165, 1.54) is 5.57 Å². The monoisotopic (exact) mass is 413 g/mol. The van der Waals surface area contributed by atoms with Gasteiger partial charge in [-0.15, -0.1) is 0 Å². The van der Waals surface area contributed by atoms with Crippen LogP contribution in [0.2, 0.25) is 0 Å². The topological polar surface area (TPSA) is 82.4 Å². The summed E-state index contributed by atoms with van der Waals surface area (Å²) in [4.78, 5) is 31.0. The van der Waals surface area contributed by atoms with Gasteiger partial charge in [0.05, 0.1) is 6.54 Å². The first-order valence-electron chi connectivity index (χ1n) is 10.5. The summed E-state index contributed by atoms with van der Waals surface area (Å²) in [6.45, 7) is 7.53. The average molecular weight is 414 g/mol. The van der Waals surface area contributed by atoms with Gasteiger partial charge in [0.1, 0.15) is 11.3 Å². The maximum Gasteiger partial charge on any atom is 0.410 e. The van der Waals surface area contributed by atoms with Gasteiger partial charge in [-0.2, -0.15) is 0 Å². The molecule has 7 nitrogen and oxygen atoms in total. The van der Waals surface area contributed by atoms with Crippen LogP contribution in [0.3, 0.4) is 0 Å². The minimum absolute atomic E-state index is 0.121. The lowest BCUT2D eigenvalue weighted by atomic mass is 9.85. The van der Waals surface area contributed by atoms with Gasteiger partial charge in [-0.3, -0.25) is 15.0 Å². The quantitative estimate of drug-likeness (QED) is 0.601. The summed E-state index contributed by atoms with van der Waals surface area (Å²) in [6, 6.07) is 9.35. The van der Waals surface area contributed by atoms with Gasteiger partial charge in [0.15, 0.2) is 0 Å². The molecule has 0 bridgehead atoms. The smallest absolute Gasteiger partial charge is 0.410 e. The highest BCUT2D eigenvalue weighted by atomic mass is 16.6. The summed E-state index contributed by atoms with van der Waals surface area (Å²) in [5.41, 5.74) is 1.82. The lowest BCUT2D eigenvalue weighted by Crippen LogP contribution is -2.42. The van der Waals surface area contributed by atoms with E-state index in [0.717, 1.165) is 29.9 Å². The molecule has 0 atom stereocenters. The van der Waals surface area contributed by atoms with E-state index in [9.17, 15) is 14.8 Å². The van der Waals surface area contributed by atoms with Crippen LogP contribution in [-0.2, 0) is 16.1 Å². The Labute approximate surface area is 178 Å². The molecule has 0 unspecified atom stereocenters. The lowest BCUT2D eigenvalue weighted by Gasteiger charge is -2.35. The Morgan fingerprint density at radius 3 is 2.50 bits per heavy atom. The Bertz CT molecular complexity index is 819. The Kier molecular flexibility index (Phi) is 6.92. The molecule has 2 heterocycles. The average Bonchev–Trinajstić information content (AvgIpc) is 2.73. The van der Waals surface area contributed by atoms with Gasteiger partial charge < -0.3 is 9.64 Å². The van der Waals surface area contributed by atoms with Gasteiger partial charge in [-0.25, -0.2) is 9.86 Å². The first-order chi connectivity index (χ1) is 14.2. The minimum Gasteiger partial charge on any atom is -0.444 e. The Hall–Kier alpha value is -2.67. The molecule has 0 spiro atoms. The van der Waals surface area contributed by atoms with E-state index in [2.05, 4.69) is 4.99 Å². The van der Waals surface area contributed by atoms with Crippen LogP contribution in [0.5, 0.6) is 0 Å². The predicted octanol–water partition coefficient (Wildman–Crippen LogP) is 3.82. The third-order valence-corrected chi connectivity index (χ3v) is 5.30. The molecule has 1 N–H and O–H groups in total. The summed E-state index contributed by atoms with van der Waals surface area (Å²) < 4.78 is 5.46. The first kappa shape index (κ1) is 22.0. The van der Waals surface area contributed by atoms with Crippen molar-refractivity contribution in [3.05, 3.63) is 47.5 Å². The van der Waals surface area contributed by atoms with E-state index in [1.807, 2.05) is 57.2 Å². The van der Waals surface area contributed by atoms with Crippen molar-refractivity contribution in [2.75, 3.05) is 19.6 Å². The zero-order valence-electron chi connectivity index (χ0n) is 18.0. The maximum atomic E-state index is 12.6. The van der Waals surface area contributed by atoms with Crippen molar-refractivity contribution in [3.63, 3.8) is 0 Å². The number of hydrogen-bond donors (Lipinski definition) is 1. The van der Waals surface area contributed by atoms with Gasteiger partial charge in [0.25, 0.3) is 5.91 Å². The SMILES string of the molecule is CC(C)(C)OC(=O)N1CCC(C2=CC(C(=O)N(O)Cc3ccccc3)=NCC2)CC1. The highest BCUT2D eigenvalue weighted by molar-refractivity contribution is 6.43. The Morgan fingerprint density at radius 1 is 1.20 bits per heavy atom. The van der Waals surface area contributed by atoms with Crippen molar-refractivity contribution in [1.29, 1.82) is 0 Å². The van der Waals surface area contributed by atoms with Gasteiger partial charge in [-0.1, -0.05) is 35.9 Å². The summed E-state index contributed by atoms with van der Waals surface area (Å²) in [6.07, 6.45) is 4.03. The van der Waals surface area contributed by atoms with Gasteiger partial charge >= 0.3 is 6.09 Å². The molecule has 3 rings (SSSR count). The molecule has 1 aromatic rings. The molecule has 1 aromatic carbocycles. The molecule has 1 saturated heterocycles. The number of hydroxylamine groups is 2. The van der Waals surface area contributed by atoms with Crippen molar-refractivity contribution in [2.45, 2.75) is 52.2 Å². The fourth-order valence-electron chi connectivity index (χ4n) is 3.77. The fraction of sp³-hybridized carbons (Fsp3) is 0.522. The molecule has 7 heteroatoms. The zero-order chi connectivity index (χ0) is 21.7.